The fourth-order valence-electron chi connectivity index (χ4n) is 2.11. The minimum atomic E-state index is -1.14. The summed E-state index contributed by atoms with van der Waals surface area (Å²) in [7, 11) is 0. The van der Waals surface area contributed by atoms with Gasteiger partial charge in [0.15, 0.2) is 0 Å². The number of nitrogens with one attached hydrogen (secondary N) is 1. The molecule has 0 atom stereocenters. The second kappa shape index (κ2) is 5.03. The molecule has 1 aromatic rings. The highest BCUT2D eigenvalue weighted by Crippen LogP contribution is 2.45. The monoisotopic (exact) mass is 261 g/mol. The maximum atomic E-state index is 11.8. The summed E-state index contributed by atoms with van der Waals surface area (Å²) < 4.78 is 0. The number of amides is 1. The Morgan fingerprint density at radius 3 is 2.47 bits per heavy atom. The Morgan fingerprint density at radius 2 is 1.95 bits per heavy atom. The summed E-state index contributed by atoms with van der Waals surface area (Å²) >= 11 is 0. The SMILES string of the molecule is Cc1ccc(CCNC(=O)C2(C(=O)O)CC2)cc1C. The Balaban J connectivity index is 1.85. The van der Waals surface area contributed by atoms with Crippen molar-refractivity contribution in [3.63, 3.8) is 0 Å². The molecule has 102 valence electrons. The zero-order valence-corrected chi connectivity index (χ0v) is 11.3. The lowest BCUT2D eigenvalue weighted by Crippen LogP contribution is -2.37. The summed E-state index contributed by atoms with van der Waals surface area (Å²) in [6, 6.07) is 6.20. The number of hydrogen-bond donors (Lipinski definition) is 2. The molecular weight excluding hydrogens is 242 g/mol. The third-order valence-electron chi connectivity index (χ3n) is 3.86. The van der Waals surface area contributed by atoms with E-state index in [1.807, 2.05) is 6.07 Å². The van der Waals surface area contributed by atoms with Crippen molar-refractivity contribution in [2.45, 2.75) is 33.1 Å². The fourth-order valence-corrected chi connectivity index (χ4v) is 2.11. The third-order valence-corrected chi connectivity index (χ3v) is 3.86. The largest absolute Gasteiger partial charge is 0.480 e. The lowest BCUT2D eigenvalue weighted by atomic mass is 10.0. The van der Waals surface area contributed by atoms with Crippen LogP contribution in [0.3, 0.4) is 0 Å². The van der Waals surface area contributed by atoms with Crippen LogP contribution in [0.1, 0.15) is 29.5 Å². The zero-order chi connectivity index (χ0) is 14.0. The minimum Gasteiger partial charge on any atom is -0.480 e. The van der Waals surface area contributed by atoms with E-state index < -0.39 is 11.4 Å². The molecule has 0 saturated heterocycles. The van der Waals surface area contributed by atoms with Gasteiger partial charge in [-0.25, -0.2) is 0 Å². The van der Waals surface area contributed by atoms with Crippen molar-refractivity contribution < 1.29 is 14.7 Å². The van der Waals surface area contributed by atoms with E-state index in [-0.39, 0.29) is 5.91 Å². The Kier molecular flexibility index (Phi) is 3.60. The van der Waals surface area contributed by atoms with Gasteiger partial charge < -0.3 is 10.4 Å². The second-order valence-electron chi connectivity index (χ2n) is 5.31. The topological polar surface area (TPSA) is 66.4 Å². The maximum absolute atomic E-state index is 11.8. The van der Waals surface area contributed by atoms with Crippen LogP contribution in [-0.2, 0) is 16.0 Å². The predicted molar refractivity (Wildman–Crippen MR) is 71.9 cm³/mol. The summed E-state index contributed by atoms with van der Waals surface area (Å²) in [4.78, 5) is 22.8. The van der Waals surface area contributed by atoms with Gasteiger partial charge in [0.05, 0.1) is 0 Å². The molecule has 0 aliphatic heterocycles. The lowest BCUT2D eigenvalue weighted by Gasteiger charge is -2.11. The molecule has 1 aliphatic carbocycles. The second-order valence-corrected chi connectivity index (χ2v) is 5.31. The van der Waals surface area contributed by atoms with Crippen LogP contribution >= 0.6 is 0 Å². The van der Waals surface area contributed by atoms with E-state index in [9.17, 15) is 9.59 Å². The summed E-state index contributed by atoms with van der Waals surface area (Å²) in [6.45, 7) is 4.60. The first-order valence-corrected chi connectivity index (χ1v) is 6.53. The molecule has 2 rings (SSSR count). The molecule has 0 radical (unpaired) electrons. The van der Waals surface area contributed by atoms with E-state index in [0.717, 1.165) is 12.0 Å². The van der Waals surface area contributed by atoms with Crippen LogP contribution < -0.4 is 5.32 Å². The molecule has 1 fully saturated rings. The molecule has 0 spiro atoms. The Bertz CT molecular complexity index is 518. The molecule has 4 nitrogen and oxygen atoms in total. The maximum Gasteiger partial charge on any atom is 0.319 e. The highest BCUT2D eigenvalue weighted by molar-refractivity contribution is 6.04. The van der Waals surface area contributed by atoms with Crippen LogP contribution in [0.4, 0.5) is 0 Å². The number of hydrogen-bond acceptors (Lipinski definition) is 2. The first-order chi connectivity index (χ1) is 8.95. The quantitative estimate of drug-likeness (QED) is 0.795. The van der Waals surface area contributed by atoms with Gasteiger partial charge >= 0.3 is 5.97 Å². The van der Waals surface area contributed by atoms with Gasteiger partial charge in [-0.05, 0) is 49.8 Å². The molecular formula is C15H19NO3. The van der Waals surface area contributed by atoms with Crippen molar-refractivity contribution in [1.82, 2.24) is 5.32 Å². The van der Waals surface area contributed by atoms with E-state index in [1.165, 1.54) is 11.1 Å². The highest BCUT2D eigenvalue weighted by atomic mass is 16.4. The fraction of sp³-hybridized carbons (Fsp3) is 0.467. The number of aryl methyl sites for hydroxylation is 2. The van der Waals surface area contributed by atoms with E-state index in [2.05, 4.69) is 31.3 Å². The normalized spacial score (nSPS) is 15.9. The molecule has 0 aromatic heterocycles. The predicted octanol–water partition coefficient (Wildman–Crippen LogP) is 1.83. The lowest BCUT2D eigenvalue weighted by molar-refractivity contribution is -0.149. The van der Waals surface area contributed by atoms with Crippen molar-refractivity contribution in [2.24, 2.45) is 5.41 Å². The van der Waals surface area contributed by atoms with Crippen LogP contribution in [0, 0.1) is 19.3 Å². The summed E-state index contributed by atoms with van der Waals surface area (Å²) in [5, 5.41) is 11.7. The van der Waals surface area contributed by atoms with Crippen molar-refractivity contribution >= 4 is 11.9 Å². The average Bonchev–Trinajstić information content (AvgIpc) is 3.15. The molecule has 1 aromatic carbocycles. The number of rotatable bonds is 5. The van der Waals surface area contributed by atoms with Gasteiger partial charge in [0.25, 0.3) is 0 Å². The van der Waals surface area contributed by atoms with Crippen molar-refractivity contribution in [3.8, 4) is 0 Å². The smallest absolute Gasteiger partial charge is 0.319 e. The van der Waals surface area contributed by atoms with Crippen LogP contribution in [0.2, 0.25) is 0 Å². The van der Waals surface area contributed by atoms with E-state index in [1.54, 1.807) is 0 Å². The highest BCUT2D eigenvalue weighted by Gasteiger charge is 2.56. The van der Waals surface area contributed by atoms with E-state index >= 15 is 0 Å². The number of carboxylic acids is 1. The van der Waals surface area contributed by atoms with Crippen LogP contribution in [0.15, 0.2) is 18.2 Å². The molecule has 19 heavy (non-hydrogen) atoms. The van der Waals surface area contributed by atoms with Crippen molar-refractivity contribution in [2.75, 3.05) is 6.54 Å². The number of carbonyl (C=O) groups is 2. The standard InChI is InChI=1S/C15H19NO3/c1-10-3-4-12(9-11(10)2)5-8-16-13(17)15(6-7-15)14(18)19/h3-4,9H,5-8H2,1-2H3,(H,16,17)(H,18,19). The van der Waals surface area contributed by atoms with Gasteiger partial charge in [-0.15, -0.1) is 0 Å². The average molecular weight is 261 g/mol. The number of aliphatic carboxylic acids is 1. The van der Waals surface area contributed by atoms with Gasteiger partial charge in [0.1, 0.15) is 5.41 Å². The molecule has 2 N–H and O–H groups in total. The summed E-state index contributed by atoms with van der Waals surface area (Å²) in [6.07, 6.45) is 1.64. The molecule has 0 unspecified atom stereocenters. The molecule has 1 amide bonds. The zero-order valence-electron chi connectivity index (χ0n) is 11.3. The van der Waals surface area contributed by atoms with Gasteiger partial charge in [0.2, 0.25) is 5.91 Å². The Hall–Kier alpha value is -1.84. The first kappa shape index (κ1) is 13.6. The Morgan fingerprint density at radius 1 is 1.26 bits per heavy atom. The minimum absolute atomic E-state index is 0.344. The van der Waals surface area contributed by atoms with E-state index in [0.29, 0.717) is 19.4 Å². The molecule has 4 heteroatoms. The van der Waals surface area contributed by atoms with Gasteiger partial charge in [0, 0.05) is 6.54 Å². The van der Waals surface area contributed by atoms with Gasteiger partial charge in [-0.1, -0.05) is 18.2 Å². The van der Waals surface area contributed by atoms with Crippen LogP contribution in [-0.4, -0.2) is 23.5 Å². The molecule has 1 saturated carbocycles. The van der Waals surface area contributed by atoms with Crippen LogP contribution in [0.25, 0.3) is 0 Å². The van der Waals surface area contributed by atoms with Gasteiger partial charge in [-0.3, -0.25) is 9.59 Å². The molecule has 0 heterocycles. The summed E-state index contributed by atoms with van der Waals surface area (Å²) in [5.41, 5.74) is 2.50. The van der Waals surface area contributed by atoms with Crippen molar-refractivity contribution in [1.29, 1.82) is 0 Å². The summed E-state index contributed by atoms with van der Waals surface area (Å²) in [5.74, 6) is -1.35. The van der Waals surface area contributed by atoms with Crippen LogP contribution in [0.5, 0.6) is 0 Å². The Labute approximate surface area is 112 Å². The number of carboxylic acid groups (broad SMARTS) is 1. The van der Waals surface area contributed by atoms with Crippen molar-refractivity contribution in [3.05, 3.63) is 34.9 Å². The van der Waals surface area contributed by atoms with Gasteiger partial charge in [-0.2, -0.15) is 0 Å². The third kappa shape index (κ3) is 2.78. The molecule has 1 aliphatic rings. The number of carbonyl (C=O) groups excluding carboxylic acids is 1. The first-order valence-electron chi connectivity index (χ1n) is 6.53. The number of benzene rings is 1. The molecule has 0 bridgehead atoms. The van der Waals surface area contributed by atoms with E-state index in [4.69, 9.17) is 5.11 Å².